The highest BCUT2D eigenvalue weighted by Crippen LogP contribution is 2.22. The molecule has 2 nitrogen and oxygen atoms in total. The highest BCUT2D eigenvalue weighted by molar-refractivity contribution is 9.10. The van der Waals surface area contributed by atoms with Gasteiger partial charge in [-0.25, -0.2) is 4.39 Å². The summed E-state index contributed by atoms with van der Waals surface area (Å²) in [6, 6.07) is 5.04. The number of aliphatic hydroxyl groups is 1. The predicted octanol–water partition coefficient (Wildman–Crippen LogP) is 2.67. The van der Waals surface area contributed by atoms with E-state index in [-0.39, 0.29) is 12.4 Å². The van der Waals surface area contributed by atoms with Crippen LogP contribution < -0.4 is 0 Å². The summed E-state index contributed by atoms with van der Waals surface area (Å²) >= 11 is 3.23. The van der Waals surface area contributed by atoms with Crippen LogP contribution in [0.2, 0.25) is 0 Å². The number of hydrogen-bond donors (Lipinski definition) is 1. The Morgan fingerprint density at radius 3 is 2.87 bits per heavy atom. The molecular weight excluding hydrogens is 261 g/mol. The van der Waals surface area contributed by atoms with Crippen molar-refractivity contribution >= 4 is 26.8 Å². The summed E-state index contributed by atoms with van der Waals surface area (Å²) in [7, 11) is 0. The molecule has 1 heterocycles. The maximum atomic E-state index is 13.4. The van der Waals surface area contributed by atoms with Crippen molar-refractivity contribution in [2.45, 2.75) is 6.42 Å². The van der Waals surface area contributed by atoms with Gasteiger partial charge in [-0.3, -0.25) is 4.98 Å². The van der Waals surface area contributed by atoms with Gasteiger partial charge in [-0.05, 0) is 30.2 Å². The summed E-state index contributed by atoms with van der Waals surface area (Å²) in [6.45, 7) is 0.0731. The molecular formula is C11H9BrFNO. The molecule has 0 spiro atoms. The summed E-state index contributed by atoms with van der Waals surface area (Å²) in [5.41, 5.74) is 1.27. The largest absolute Gasteiger partial charge is 0.396 e. The molecule has 78 valence electrons. The number of benzene rings is 1. The normalized spacial score (nSPS) is 10.9. The lowest BCUT2D eigenvalue weighted by molar-refractivity contribution is 0.299. The quantitative estimate of drug-likeness (QED) is 0.910. The molecule has 0 aliphatic carbocycles. The number of aromatic nitrogens is 1. The average molecular weight is 270 g/mol. The lowest BCUT2D eigenvalue weighted by Gasteiger charge is -2.03. The summed E-state index contributed by atoms with van der Waals surface area (Å²) < 4.78 is 14.1. The van der Waals surface area contributed by atoms with Crippen molar-refractivity contribution in [3.05, 3.63) is 40.2 Å². The molecule has 0 radical (unpaired) electrons. The molecule has 4 heteroatoms. The Kier molecular flexibility index (Phi) is 2.98. The van der Waals surface area contributed by atoms with E-state index in [1.165, 1.54) is 6.07 Å². The number of halogens is 2. The second-order valence-electron chi connectivity index (χ2n) is 3.28. The van der Waals surface area contributed by atoms with Crippen molar-refractivity contribution in [3.8, 4) is 0 Å². The summed E-state index contributed by atoms with van der Waals surface area (Å²) in [5, 5.41) is 9.53. The van der Waals surface area contributed by atoms with Gasteiger partial charge in [0.05, 0.1) is 0 Å². The van der Waals surface area contributed by atoms with Crippen LogP contribution in [-0.4, -0.2) is 16.7 Å². The van der Waals surface area contributed by atoms with Crippen molar-refractivity contribution < 1.29 is 9.50 Å². The van der Waals surface area contributed by atoms with Crippen molar-refractivity contribution in [1.82, 2.24) is 4.98 Å². The molecule has 0 fully saturated rings. The number of fused-ring (bicyclic) bond motifs is 1. The Morgan fingerprint density at radius 2 is 2.13 bits per heavy atom. The van der Waals surface area contributed by atoms with Gasteiger partial charge in [0.15, 0.2) is 5.82 Å². The fourth-order valence-electron chi connectivity index (χ4n) is 1.48. The van der Waals surface area contributed by atoms with Crippen molar-refractivity contribution in [1.29, 1.82) is 0 Å². The van der Waals surface area contributed by atoms with Crippen molar-refractivity contribution in [2.75, 3.05) is 6.61 Å². The molecule has 0 atom stereocenters. The van der Waals surface area contributed by atoms with Gasteiger partial charge in [-0.2, -0.15) is 0 Å². The Labute approximate surface area is 94.9 Å². The van der Waals surface area contributed by atoms with E-state index in [1.54, 1.807) is 6.20 Å². The van der Waals surface area contributed by atoms with Gasteiger partial charge in [0.25, 0.3) is 0 Å². The van der Waals surface area contributed by atoms with E-state index in [4.69, 9.17) is 5.11 Å². The van der Waals surface area contributed by atoms with Crippen LogP contribution in [0.4, 0.5) is 4.39 Å². The van der Waals surface area contributed by atoms with Crippen LogP contribution in [0.3, 0.4) is 0 Å². The standard InChI is InChI=1S/C11H9BrFNO/c12-9-4-8-3-7(1-2-15)6-14-11(8)10(13)5-9/h3-6,15H,1-2H2. The lowest BCUT2D eigenvalue weighted by Crippen LogP contribution is -1.93. The third-order valence-corrected chi connectivity index (χ3v) is 2.62. The first-order valence-corrected chi connectivity index (χ1v) is 5.34. The SMILES string of the molecule is OCCc1cnc2c(F)cc(Br)cc2c1. The summed E-state index contributed by atoms with van der Waals surface area (Å²) in [5.74, 6) is -0.338. The monoisotopic (exact) mass is 269 g/mol. The first kappa shape index (κ1) is 10.5. The molecule has 2 aromatic rings. The van der Waals surface area contributed by atoms with Crippen molar-refractivity contribution in [3.63, 3.8) is 0 Å². The van der Waals surface area contributed by atoms with E-state index in [0.29, 0.717) is 16.4 Å². The highest BCUT2D eigenvalue weighted by Gasteiger charge is 2.04. The molecule has 15 heavy (non-hydrogen) atoms. The Balaban J connectivity index is 2.60. The Morgan fingerprint density at radius 1 is 1.33 bits per heavy atom. The van der Waals surface area contributed by atoms with E-state index in [9.17, 15) is 4.39 Å². The van der Waals surface area contributed by atoms with Crippen LogP contribution in [0.5, 0.6) is 0 Å². The average Bonchev–Trinajstić information content (AvgIpc) is 2.17. The van der Waals surface area contributed by atoms with Crippen LogP contribution in [0, 0.1) is 5.82 Å². The predicted molar refractivity (Wildman–Crippen MR) is 60.2 cm³/mol. The number of pyridine rings is 1. The zero-order valence-corrected chi connectivity index (χ0v) is 9.46. The molecule has 0 saturated heterocycles. The van der Waals surface area contributed by atoms with Crippen molar-refractivity contribution in [2.24, 2.45) is 0 Å². The Hall–Kier alpha value is -1.00. The van der Waals surface area contributed by atoms with Crippen LogP contribution in [0.25, 0.3) is 10.9 Å². The van der Waals surface area contributed by atoms with Gasteiger partial charge in [0.2, 0.25) is 0 Å². The molecule has 0 aliphatic heterocycles. The van der Waals surface area contributed by atoms with E-state index in [1.807, 2.05) is 12.1 Å². The summed E-state index contributed by atoms with van der Waals surface area (Å²) in [4.78, 5) is 4.03. The molecule has 1 N–H and O–H groups in total. The summed E-state index contributed by atoms with van der Waals surface area (Å²) in [6.07, 6.45) is 2.13. The molecule has 2 rings (SSSR count). The fourth-order valence-corrected chi connectivity index (χ4v) is 1.93. The van der Waals surface area contributed by atoms with Crippen LogP contribution >= 0.6 is 15.9 Å². The fraction of sp³-hybridized carbons (Fsp3) is 0.182. The minimum absolute atomic E-state index is 0.0731. The molecule has 0 bridgehead atoms. The lowest BCUT2D eigenvalue weighted by atomic mass is 10.1. The third kappa shape index (κ3) is 2.16. The maximum absolute atomic E-state index is 13.4. The minimum atomic E-state index is -0.338. The molecule has 0 aliphatic rings. The molecule has 1 aromatic heterocycles. The Bertz CT molecular complexity index is 501. The zero-order chi connectivity index (χ0) is 10.8. The van der Waals surface area contributed by atoms with Crippen LogP contribution in [0.15, 0.2) is 28.9 Å². The molecule has 0 saturated carbocycles. The van der Waals surface area contributed by atoms with Gasteiger partial charge in [0, 0.05) is 22.7 Å². The van der Waals surface area contributed by atoms with Gasteiger partial charge in [-0.15, -0.1) is 0 Å². The zero-order valence-electron chi connectivity index (χ0n) is 7.87. The number of hydrogen-bond acceptors (Lipinski definition) is 2. The molecule has 0 unspecified atom stereocenters. The first-order valence-electron chi connectivity index (χ1n) is 4.55. The molecule has 1 aromatic carbocycles. The van der Waals surface area contributed by atoms with Gasteiger partial charge >= 0.3 is 0 Å². The second-order valence-corrected chi connectivity index (χ2v) is 4.19. The first-order chi connectivity index (χ1) is 7.20. The van der Waals surface area contributed by atoms with Crippen LogP contribution in [-0.2, 0) is 6.42 Å². The van der Waals surface area contributed by atoms with Gasteiger partial charge in [-0.1, -0.05) is 15.9 Å². The van der Waals surface area contributed by atoms with Gasteiger partial charge in [0.1, 0.15) is 5.52 Å². The number of rotatable bonds is 2. The van der Waals surface area contributed by atoms with Crippen LogP contribution in [0.1, 0.15) is 5.56 Å². The molecule has 0 amide bonds. The van der Waals surface area contributed by atoms with Gasteiger partial charge < -0.3 is 5.11 Å². The van der Waals surface area contributed by atoms with E-state index in [0.717, 1.165) is 10.9 Å². The second kappa shape index (κ2) is 4.24. The topological polar surface area (TPSA) is 33.1 Å². The number of aliphatic hydroxyl groups excluding tert-OH is 1. The minimum Gasteiger partial charge on any atom is -0.396 e. The van der Waals surface area contributed by atoms with E-state index >= 15 is 0 Å². The third-order valence-electron chi connectivity index (χ3n) is 2.16. The highest BCUT2D eigenvalue weighted by atomic mass is 79.9. The maximum Gasteiger partial charge on any atom is 0.150 e. The van der Waals surface area contributed by atoms with E-state index in [2.05, 4.69) is 20.9 Å². The number of nitrogens with zero attached hydrogens (tertiary/aromatic N) is 1. The smallest absolute Gasteiger partial charge is 0.150 e. The van der Waals surface area contributed by atoms with E-state index < -0.39 is 0 Å².